The van der Waals surface area contributed by atoms with Crippen molar-refractivity contribution in [3.05, 3.63) is 29.3 Å². The Morgan fingerprint density at radius 1 is 1.25 bits per heavy atom. The van der Waals surface area contributed by atoms with Gasteiger partial charge in [0.1, 0.15) is 6.04 Å². The van der Waals surface area contributed by atoms with Crippen LogP contribution in [0.4, 0.5) is 18.9 Å². The van der Waals surface area contributed by atoms with Crippen LogP contribution in [0.1, 0.15) is 35.7 Å². The minimum Gasteiger partial charge on any atom is -0.324 e. The van der Waals surface area contributed by atoms with E-state index in [1.807, 2.05) is 0 Å². The minimum atomic E-state index is -5.01. The van der Waals surface area contributed by atoms with Crippen LogP contribution >= 0.6 is 0 Å². The molecule has 8 heteroatoms. The molecule has 1 heterocycles. The molecule has 5 nitrogen and oxygen atoms in total. The van der Waals surface area contributed by atoms with Crippen LogP contribution in [0.5, 0.6) is 0 Å². The van der Waals surface area contributed by atoms with Crippen molar-refractivity contribution in [2.24, 2.45) is 0 Å². The van der Waals surface area contributed by atoms with Crippen molar-refractivity contribution in [2.45, 2.75) is 38.9 Å². The number of ketones is 1. The average molecular weight is 342 g/mol. The molecular formula is C16H17F3N2O3. The quantitative estimate of drug-likeness (QED) is 0.859. The van der Waals surface area contributed by atoms with Crippen LogP contribution in [0.3, 0.4) is 0 Å². The molecule has 1 atom stereocenters. The Morgan fingerprint density at radius 2 is 1.92 bits per heavy atom. The highest BCUT2D eigenvalue weighted by Crippen LogP contribution is 2.27. The number of alkyl halides is 3. The van der Waals surface area contributed by atoms with Gasteiger partial charge in [0.15, 0.2) is 5.78 Å². The van der Waals surface area contributed by atoms with Crippen LogP contribution in [-0.4, -0.2) is 41.3 Å². The number of benzene rings is 1. The van der Waals surface area contributed by atoms with Gasteiger partial charge < -0.3 is 10.2 Å². The number of aryl methyl sites for hydroxylation is 1. The maximum Gasteiger partial charge on any atom is 0.471 e. The molecule has 0 saturated carbocycles. The SMILES string of the molecule is CC(=O)c1ccc(C)c(NC(=O)C2CCCN2C(=O)C(F)(F)F)c1. The summed E-state index contributed by atoms with van der Waals surface area (Å²) in [5.41, 5.74) is 1.39. The van der Waals surface area contributed by atoms with E-state index in [0.29, 0.717) is 28.1 Å². The third-order valence-electron chi connectivity index (χ3n) is 3.96. The summed E-state index contributed by atoms with van der Waals surface area (Å²) in [4.78, 5) is 35.7. The summed E-state index contributed by atoms with van der Waals surface area (Å²) in [6, 6.07) is 3.54. The normalized spacial score (nSPS) is 17.7. The van der Waals surface area contributed by atoms with E-state index in [1.54, 1.807) is 19.1 Å². The fourth-order valence-electron chi connectivity index (χ4n) is 2.64. The molecule has 0 aromatic heterocycles. The van der Waals surface area contributed by atoms with Crippen molar-refractivity contribution in [1.29, 1.82) is 0 Å². The molecule has 130 valence electrons. The second kappa shape index (κ2) is 6.62. The molecule has 1 aliphatic heterocycles. The maximum atomic E-state index is 12.6. The number of rotatable bonds is 3. The number of carbonyl (C=O) groups excluding carboxylic acids is 3. The molecule has 1 aromatic carbocycles. The summed E-state index contributed by atoms with van der Waals surface area (Å²) in [7, 11) is 0. The zero-order chi connectivity index (χ0) is 18.1. The van der Waals surface area contributed by atoms with E-state index in [2.05, 4.69) is 5.32 Å². The monoisotopic (exact) mass is 342 g/mol. The predicted molar refractivity (Wildman–Crippen MR) is 80.6 cm³/mol. The number of anilines is 1. The third-order valence-corrected chi connectivity index (χ3v) is 3.96. The fraction of sp³-hybridized carbons (Fsp3) is 0.438. The molecule has 1 saturated heterocycles. The lowest BCUT2D eigenvalue weighted by molar-refractivity contribution is -0.186. The number of Topliss-reactive ketones (excluding diaryl/α,β-unsaturated/α-hetero) is 1. The molecule has 1 unspecified atom stereocenters. The van der Waals surface area contributed by atoms with Gasteiger partial charge in [-0.05, 0) is 38.3 Å². The summed E-state index contributed by atoms with van der Waals surface area (Å²) in [5, 5.41) is 2.53. The molecule has 24 heavy (non-hydrogen) atoms. The standard InChI is InChI=1S/C16H17F3N2O3/c1-9-5-6-11(10(2)22)8-12(9)20-14(23)13-4-3-7-21(13)15(24)16(17,18)19/h5-6,8,13H,3-4,7H2,1-2H3,(H,20,23). The first-order valence-corrected chi connectivity index (χ1v) is 7.41. The summed E-state index contributed by atoms with van der Waals surface area (Å²) < 4.78 is 37.8. The molecule has 0 radical (unpaired) electrons. The lowest BCUT2D eigenvalue weighted by Gasteiger charge is -2.25. The highest BCUT2D eigenvalue weighted by molar-refractivity contribution is 6.00. The zero-order valence-electron chi connectivity index (χ0n) is 13.2. The van der Waals surface area contributed by atoms with Crippen molar-refractivity contribution in [1.82, 2.24) is 4.90 Å². The number of nitrogens with zero attached hydrogens (tertiary/aromatic N) is 1. The number of likely N-dealkylation sites (tertiary alicyclic amines) is 1. The van der Waals surface area contributed by atoms with Gasteiger partial charge in [0, 0.05) is 17.8 Å². The Bertz CT molecular complexity index is 686. The van der Waals surface area contributed by atoms with Gasteiger partial charge in [-0.1, -0.05) is 12.1 Å². The van der Waals surface area contributed by atoms with Crippen molar-refractivity contribution >= 4 is 23.3 Å². The lowest BCUT2D eigenvalue weighted by Crippen LogP contribution is -2.48. The highest BCUT2D eigenvalue weighted by atomic mass is 19.4. The molecule has 1 fully saturated rings. The summed E-state index contributed by atoms with van der Waals surface area (Å²) in [6.07, 6.45) is -4.52. The number of hydrogen-bond donors (Lipinski definition) is 1. The first kappa shape index (κ1) is 18.0. The third kappa shape index (κ3) is 3.74. The fourth-order valence-corrected chi connectivity index (χ4v) is 2.64. The Morgan fingerprint density at radius 3 is 2.50 bits per heavy atom. The van der Waals surface area contributed by atoms with E-state index in [1.165, 1.54) is 13.0 Å². The van der Waals surface area contributed by atoms with Gasteiger partial charge in [0.25, 0.3) is 0 Å². The van der Waals surface area contributed by atoms with Gasteiger partial charge in [-0.15, -0.1) is 0 Å². The molecule has 2 rings (SSSR count). The van der Waals surface area contributed by atoms with Crippen molar-refractivity contribution in [3.8, 4) is 0 Å². The van der Waals surface area contributed by atoms with E-state index in [0.717, 1.165) is 0 Å². The summed E-state index contributed by atoms with van der Waals surface area (Å²) in [6.45, 7) is 2.96. The van der Waals surface area contributed by atoms with E-state index in [4.69, 9.17) is 0 Å². The average Bonchev–Trinajstić information content (AvgIpc) is 2.96. The maximum absolute atomic E-state index is 12.6. The first-order chi connectivity index (χ1) is 11.1. The van der Waals surface area contributed by atoms with Crippen LogP contribution in [0.25, 0.3) is 0 Å². The van der Waals surface area contributed by atoms with Crippen molar-refractivity contribution < 1.29 is 27.6 Å². The van der Waals surface area contributed by atoms with E-state index in [-0.39, 0.29) is 18.7 Å². The summed E-state index contributed by atoms with van der Waals surface area (Å²) in [5.74, 6) is -2.89. The molecule has 1 N–H and O–H groups in total. The van der Waals surface area contributed by atoms with Gasteiger partial charge in [-0.3, -0.25) is 14.4 Å². The molecule has 1 aromatic rings. The smallest absolute Gasteiger partial charge is 0.324 e. The van der Waals surface area contributed by atoms with E-state index in [9.17, 15) is 27.6 Å². The van der Waals surface area contributed by atoms with E-state index >= 15 is 0 Å². The number of amides is 2. The van der Waals surface area contributed by atoms with Crippen molar-refractivity contribution in [3.63, 3.8) is 0 Å². The number of carbonyl (C=O) groups is 3. The molecule has 0 spiro atoms. The van der Waals surface area contributed by atoms with Crippen LogP contribution < -0.4 is 5.32 Å². The number of nitrogens with one attached hydrogen (secondary N) is 1. The van der Waals surface area contributed by atoms with Gasteiger partial charge in [-0.25, -0.2) is 0 Å². The lowest BCUT2D eigenvalue weighted by atomic mass is 10.1. The topological polar surface area (TPSA) is 66.5 Å². The molecule has 2 amide bonds. The Balaban J connectivity index is 2.19. The Kier molecular flexibility index (Phi) is 4.96. The second-order valence-corrected chi connectivity index (χ2v) is 5.73. The summed E-state index contributed by atoms with van der Waals surface area (Å²) >= 11 is 0. The number of hydrogen-bond acceptors (Lipinski definition) is 3. The number of halogens is 3. The van der Waals surface area contributed by atoms with Crippen molar-refractivity contribution in [2.75, 3.05) is 11.9 Å². The van der Waals surface area contributed by atoms with Crippen LogP contribution in [0.15, 0.2) is 18.2 Å². The Hall–Kier alpha value is -2.38. The molecule has 0 bridgehead atoms. The van der Waals surface area contributed by atoms with Gasteiger partial charge in [0.05, 0.1) is 0 Å². The second-order valence-electron chi connectivity index (χ2n) is 5.73. The first-order valence-electron chi connectivity index (χ1n) is 7.41. The van der Waals surface area contributed by atoms with Crippen LogP contribution in [0.2, 0.25) is 0 Å². The molecule has 1 aliphatic rings. The Labute approximate surface area is 136 Å². The highest BCUT2D eigenvalue weighted by Gasteiger charge is 2.47. The minimum absolute atomic E-state index is 0.108. The zero-order valence-corrected chi connectivity index (χ0v) is 13.2. The van der Waals surface area contributed by atoms with Crippen LogP contribution in [0, 0.1) is 6.92 Å². The van der Waals surface area contributed by atoms with E-state index < -0.39 is 24.0 Å². The predicted octanol–water partition coefficient (Wildman–Crippen LogP) is 2.69. The molecular weight excluding hydrogens is 325 g/mol. The molecule has 0 aliphatic carbocycles. The van der Waals surface area contributed by atoms with Gasteiger partial charge in [0.2, 0.25) is 5.91 Å². The van der Waals surface area contributed by atoms with Crippen LogP contribution in [-0.2, 0) is 9.59 Å². The van der Waals surface area contributed by atoms with Gasteiger partial charge >= 0.3 is 12.1 Å². The largest absolute Gasteiger partial charge is 0.471 e. The van der Waals surface area contributed by atoms with Gasteiger partial charge in [-0.2, -0.15) is 13.2 Å².